The van der Waals surface area contributed by atoms with E-state index in [-0.39, 0.29) is 35.0 Å². The second-order valence-corrected chi connectivity index (χ2v) is 9.17. The lowest BCUT2D eigenvalue weighted by molar-refractivity contribution is -0.136. The number of nitrogens with one attached hydrogen (secondary N) is 2. The van der Waals surface area contributed by atoms with Gasteiger partial charge in [-0.3, -0.25) is 4.79 Å². The van der Waals surface area contributed by atoms with Crippen LogP contribution in [0.5, 0.6) is 11.5 Å². The molecule has 10 heteroatoms. The minimum Gasteiger partial charge on any atom is -0.481 e. The van der Waals surface area contributed by atoms with Crippen molar-refractivity contribution in [1.29, 1.82) is 0 Å². The predicted octanol–water partition coefficient (Wildman–Crippen LogP) is 5.60. The van der Waals surface area contributed by atoms with Gasteiger partial charge in [0, 0.05) is 35.2 Å². The average Bonchev–Trinajstić information content (AvgIpc) is 3.57. The number of aliphatic hydroxyl groups is 1. The molecular formula is C28H24F2N4O4. The second-order valence-electron chi connectivity index (χ2n) is 9.17. The highest BCUT2D eigenvalue weighted by Crippen LogP contribution is 2.35. The number of benzene rings is 2. The summed E-state index contributed by atoms with van der Waals surface area (Å²) < 4.78 is 35.3. The molecule has 5 rings (SSSR count). The smallest absolute Gasteiger partial charge is 0.303 e. The van der Waals surface area contributed by atoms with Crippen molar-refractivity contribution >= 4 is 16.9 Å². The van der Waals surface area contributed by atoms with Crippen LogP contribution in [0.2, 0.25) is 0 Å². The van der Waals surface area contributed by atoms with Crippen molar-refractivity contribution in [3.8, 4) is 22.9 Å². The fourth-order valence-electron chi connectivity index (χ4n) is 4.36. The Balaban J connectivity index is 1.44. The maximum Gasteiger partial charge on any atom is 0.303 e. The van der Waals surface area contributed by atoms with Crippen LogP contribution in [0.4, 0.5) is 8.78 Å². The highest BCUT2D eigenvalue weighted by molar-refractivity contribution is 5.85. The van der Waals surface area contributed by atoms with E-state index in [4.69, 9.17) is 9.84 Å². The van der Waals surface area contributed by atoms with Crippen LogP contribution in [-0.2, 0) is 16.8 Å². The Morgan fingerprint density at radius 2 is 1.95 bits per heavy atom. The number of fused-ring (bicyclic) bond motifs is 1. The lowest BCUT2D eigenvalue weighted by Gasteiger charge is -2.23. The second kappa shape index (κ2) is 9.71. The van der Waals surface area contributed by atoms with E-state index in [1.165, 1.54) is 18.3 Å². The molecule has 8 nitrogen and oxygen atoms in total. The third-order valence-corrected chi connectivity index (χ3v) is 6.52. The number of imidazole rings is 1. The first-order chi connectivity index (χ1) is 18.1. The molecular weight excluding hydrogens is 494 g/mol. The monoisotopic (exact) mass is 518 g/mol. The van der Waals surface area contributed by atoms with Crippen molar-refractivity contribution in [3.63, 3.8) is 0 Å². The molecule has 0 amide bonds. The highest BCUT2D eigenvalue weighted by Gasteiger charge is 2.29. The first kappa shape index (κ1) is 25.1. The van der Waals surface area contributed by atoms with Crippen LogP contribution in [-0.4, -0.2) is 36.1 Å². The summed E-state index contributed by atoms with van der Waals surface area (Å²) in [5.74, 6) is -2.12. The maximum absolute atomic E-state index is 14.7. The Morgan fingerprint density at radius 1 is 1.13 bits per heavy atom. The normalized spacial score (nSPS) is 13.0. The molecule has 194 valence electrons. The number of pyridine rings is 1. The van der Waals surface area contributed by atoms with Gasteiger partial charge in [-0.15, -0.1) is 0 Å². The predicted molar refractivity (Wildman–Crippen MR) is 136 cm³/mol. The zero-order valence-electron chi connectivity index (χ0n) is 20.5. The van der Waals surface area contributed by atoms with Gasteiger partial charge in [0.25, 0.3) is 0 Å². The number of ether oxygens (including phenoxy) is 1. The van der Waals surface area contributed by atoms with E-state index in [1.807, 2.05) is 6.07 Å². The molecule has 5 aromatic rings. The fourth-order valence-corrected chi connectivity index (χ4v) is 4.36. The van der Waals surface area contributed by atoms with E-state index in [1.54, 1.807) is 44.3 Å². The molecule has 2 aromatic carbocycles. The summed E-state index contributed by atoms with van der Waals surface area (Å²) in [6, 6.07) is 11.4. The number of rotatable bonds is 8. The van der Waals surface area contributed by atoms with Crippen LogP contribution in [0.15, 0.2) is 61.1 Å². The average molecular weight is 519 g/mol. The number of aromatic amines is 2. The van der Waals surface area contributed by atoms with Crippen LogP contribution < -0.4 is 4.74 Å². The SMILES string of the molecule is Cc1c(Oc2cnc(F)c(-c3ncc(C(C)(O)c4cccc(CCC(=O)O)c4)[nH]3)c2)c(F)cc2[nH]ccc12. The van der Waals surface area contributed by atoms with Gasteiger partial charge >= 0.3 is 5.97 Å². The summed E-state index contributed by atoms with van der Waals surface area (Å²) >= 11 is 0. The number of hydrogen-bond donors (Lipinski definition) is 4. The first-order valence-electron chi connectivity index (χ1n) is 11.8. The third kappa shape index (κ3) is 4.73. The summed E-state index contributed by atoms with van der Waals surface area (Å²) in [5.41, 5.74) is 1.20. The lowest BCUT2D eigenvalue weighted by Crippen LogP contribution is -2.23. The Hall–Kier alpha value is -4.57. The molecule has 0 spiro atoms. The number of aliphatic carboxylic acids is 1. The van der Waals surface area contributed by atoms with Gasteiger partial charge in [0.05, 0.1) is 23.7 Å². The van der Waals surface area contributed by atoms with E-state index in [2.05, 4.69) is 19.9 Å². The van der Waals surface area contributed by atoms with E-state index in [0.717, 1.165) is 17.1 Å². The first-order valence-corrected chi connectivity index (χ1v) is 11.8. The summed E-state index contributed by atoms with van der Waals surface area (Å²) in [6.07, 6.45) is 4.52. The van der Waals surface area contributed by atoms with Crippen molar-refractivity contribution in [2.24, 2.45) is 0 Å². The zero-order chi connectivity index (χ0) is 27.0. The minimum absolute atomic E-state index is 0.00213. The van der Waals surface area contributed by atoms with Gasteiger partial charge in [-0.2, -0.15) is 4.39 Å². The van der Waals surface area contributed by atoms with E-state index in [9.17, 15) is 18.7 Å². The van der Waals surface area contributed by atoms with Crippen molar-refractivity contribution in [2.45, 2.75) is 32.3 Å². The molecule has 0 radical (unpaired) electrons. The van der Waals surface area contributed by atoms with Crippen LogP contribution in [0.1, 0.15) is 35.7 Å². The van der Waals surface area contributed by atoms with E-state index < -0.39 is 23.3 Å². The minimum atomic E-state index is -1.53. The van der Waals surface area contributed by atoms with Gasteiger partial charge in [0.2, 0.25) is 5.95 Å². The molecule has 0 aliphatic heterocycles. The number of carboxylic acids is 1. The molecule has 3 heterocycles. The number of H-pyrrole nitrogens is 2. The van der Waals surface area contributed by atoms with Gasteiger partial charge in [0.15, 0.2) is 11.6 Å². The molecule has 0 aliphatic rings. The molecule has 3 aromatic heterocycles. The summed E-state index contributed by atoms with van der Waals surface area (Å²) in [6.45, 7) is 3.28. The maximum atomic E-state index is 14.7. The molecule has 0 saturated heterocycles. The van der Waals surface area contributed by atoms with Crippen LogP contribution >= 0.6 is 0 Å². The number of aryl methyl sites for hydroxylation is 2. The Labute approximate surface area is 216 Å². The standard InChI is InChI=1S/C28H24F2N4O4/c1-15-19-8-9-31-22(19)12-21(29)25(15)38-18-11-20(26(30)32-13-18)27-33-14-23(34-27)28(2,37)17-5-3-4-16(10-17)6-7-24(35)36/h3-5,8-14,31,37H,6-7H2,1-2H3,(H,33,34)(H,35,36). The van der Waals surface area contributed by atoms with Crippen molar-refractivity contribution in [2.75, 3.05) is 0 Å². The van der Waals surface area contributed by atoms with Gasteiger partial charge in [-0.25, -0.2) is 14.4 Å². The molecule has 1 atom stereocenters. The molecule has 0 saturated carbocycles. The molecule has 0 bridgehead atoms. The lowest BCUT2D eigenvalue weighted by atomic mass is 9.91. The Morgan fingerprint density at radius 3 is 2.74 bits per heavy atom. The third-order valence-electron chi connectivity index (χ3n) is 6.52. The molecule has 0 aliphatic carbocycles. The molecule has 0 fully saturated rings. The van der Waals surface area contributed by atoms with E-state index in [0.29, 0.717) is 23.1 Å². The number of nitrogens with zero attached hydrogens (tertiary/aromatic N) is 2. The number of hydrogen-bond acceptors (Lipinski definition) is 5. The summed E-state index contributed by atoms with van der Waals surface area (Å²) in [4.78, 5) is 24.8. The number of halogens is 2. The topological polar surface area (TPSA) is 124 Å². The molecule has 1 unspecified atom stereocenters. The summed E-state index contributed by atoms with van der Waals surface area (Å²) in [5, 5.41) is 21.0. The number of carboxylic acid groups (broad SMARTS) is 1. The van der Waals surface area contributed by atoms with Crippen LogP contribution in [0.25, 0.3) is 22.3 Å². The highest BCUT2D eigenvalue weighted by atomic mass is 19.1. The molecule has 4 N–H and O–H groups in total. The number of carbonyl (C=O) groups is 1. The van der Waals surface area contributed by atoms with Gasteiger partial charge in [-0.1, -0.05) is 24.3 Å². The zero-order valence-corrected chi connectivity index (χ0v) is 20.5. The molecule has 38 heavy (non-hydrogen) atoms. The Kier molecular flexibility index (Phi) is 6.41. The largest absolute Gasteiger partial charge is 0.481 e. The van der Waals surface area contributed by atoms with Crippen LogP contribution in [0.3, 0.4) is 0 Å². The summed E-state index contributed by atoms with van der Waals surface area (Å²) in [7, 11) is 0. The quantitative estimate of drug-likeness (QED) is 0.198. The van der Waals surface area contributed by atoms with Crippen molar-refractivity contribution in [3.05, 3.63) is 95.2 Å². The van der Waals surface area contributed by atoms with Crippen molar-refractivity contribution < 1.29 is 28.5 Å². The van der Waals surface area contributed by atoms with Gasteiger partial charge in [0.1, 0.15) is 17.2 Å². The van der Waals surface area contributed by atoms with Gasteiger partial charge < -0.3 is 24.9 Å². The number of aromatic nitrogens is 4. The van der Waals surface area contributed by atoms with Crippen molar-refractivity contribution in [1.82, 2.24) is 19.9 Å². The van der Waals surface area contributed by atoms with Crippen LogP contribution in [0, 0.1) is 18.7 Å². The fraction of sp³-hybridized carbons (Fsp3) is 0.179. The van der Waals surface area contributed by atoms with E-state index >= 15 is 0 Å². The Bertz CT molecular complexity index is 1660. The van der Waals surface area contributed by atoms with Gasteiger partial charge in [-0.05, 0) is 43.5 Å².